The zero-order chi connectivity index (χ0) is 21.2. The van der Waals surface area contributed by atoms with Crippen LogP contribution in [0.25, 0.3) is 0 Å². The molecule has 3 aromatic carbocycles. The number of ether oxygens (including phenoxy) is 1. The maximum atomic E-state index is 13.3. The molecule has 2 amide bonds. The Kier molecular flexibility index (Phi) is 7.61. The van der Waals surface area contributed by atoms with E-state index in [2.05, 4.69) is 5.32 Å². The first-order valence-corrected chi connectivity index (χ1v) is 10.0. The number of nitrogens with one attached hydrogen (secondary N) is 1. The summed E-state index contributed by atoms with van der Waals surface area (Å²) in [7, 11) is 0. The molecule has 154 valence electrons. The highest BCUT2D eigenvalue weighted by molar-refractivity contribution is 5.89. The van der Waals surface area contributed by atoms with E-state index in [-0.39, 0.29) is 18.4 Å². The van der Waals surface area contributed by atoms with Gasteiger partial charge in [0, 0.05) is 13.1 Å². The molecule has 0 aliphatic rings. The van der Waals surface area contributed by atoms with E-state index in [1.54, 1.807) is 17.0 Å². The molecule has 30 heavy (non-hydrogen) atoms. The quantitative estimate of drug-likeness (QED) is 0.589. The molecule has 5 heteroatoms. The minimum absolute atomic E-state index is 0.153. The summed E-state index contributed by atoms with van der Waals surface area (Å²) >= 11 is 0. The Balaban J connectivity index is 1.90. The van der Waals surface area contributed by atoms with Gasteiger partial charge in [0.05, 0.1) is 0 Å². The Hall–Kier alpha value is -3.60. The maximum Gasteiger partial charge on any atom is 0.261 e. The first kappa shape index (κ1) is 21.1. The van der Waals surface area contributed by atoms with Crippen molar-refractivity contribution in [2.24, 2.45) is 0 Å². The van der Waals surface area contributed by atoms with Crippen LogP contribution in [0.1, 0.15) is 24.1 Å². The molecular weight excluding hydrogens is 376 g/mol. The van der Waals surface area contributed by atoms with Crippen molar-refractivity contribution in [3.8, 4) is 5.75 Å². The van der Waals surface area contributed by atoms with Gasteiger partial charge in [-0.05, 0) is 30.2 Å². The lowest BCUT2D eigenvalue weighted by atomic mass is 10.0. The van der Waals surface area contributed by atoms with Gasteiger partial charge in [-0.3, -0.25) is 9.59 Å². The maximum absolute atomic E-state index is 13.3. The van der Waals surface area contributed by atoms with Crippen LogP contribution in [0, 0.1) is 0 Å². The number of rotatable bonds is 9. The van der Waals surface area contributed by atoms with Gasteiger partial charge in [0.2, 0.25) is 5.91 Å². The summed E-state index contributed by atoms with van der Waals surface area (Å²) < 4.78 is 5.69. The fourth-order valence-electron chi connectivity index (χ4n) is 3.23. The van der Waals surface area contributed by atoms with Crippen LogP contribution in [0.5, 0.6) is 5.75 Å². The molecule has 0 radical (unpaired) electrons. The van der Waals surface area contributed by atoms with Gasteiger partial charge in [-0.2, -0.15) is 0 Å². The standard InChI is InChI=1S/C25H26N2O3/c1-2-26-25(29)24(21-14-8-4-9-15-21)27(18-20-12-6-3-7-13-20)23(28)19-30-22-16-10-5-11-17-22/h3-17,24H,2,18-19H2,1H3,(H,26,29)/t24-/m0/s1. The van der Waals surface area contributed by atoms with Crippen LogP contribution in [0.3, 0.4) is 0 Å². The molecule has 1 atom stereocenters. The van der Waals surface area contributed by atoms with Crippen molar-refractivity contribution in [3.05, 3.63) is 102 Å². The first-order chi connectivity index (χ1) is 14.7. The topological polar surface area (TPSA) is 58.6 Å². The molecule has 0 aliphatic carbocycles. The van der Waals surface area contributed by atoms with Crippen molar-refractivity contribution < 1.29 is 14.3 Å². The van der Waals surface area contributed by atoms with E-state index in [9.17, 15) is 9.59 Å². The van der Waals surface area contributed by atoms with Crippen LogP contribution < -0.4 is 10.1 Å². The number of hydrogen-bond donors (Lipinski definition) is 1. The van der Waals surface area contributed by atoms with Gasteiger partial charge in [-0.1, -0.05) is 78.9 Å². The van der Waals surface area contributed by atoms with E-state index in [4.69, 9.17) is 4.74 Å². The van der Waals surface area contributed by atoms with Crippen molar-refractivity contribution in [1.29, 1.82) is 0 Å². The number of benzene rings is 3. The molecule has 0 unspecified atom stereocenters. The van der Waals surface area contributed by atoms with E-state index in [0.29, 0.717) is 18.8 Å². The lowest BCUT2D eigenvalue weighted by Crippen LogP contribution is -2.45. The second kappa shape index (κ2) is 10.8. The van der Waals surface area contributed by atoms with Gasteiger partial charge in [-0.25, -0.2) is 0 Å². The average molecular weight is 402 g/mol. The Morgan fingerprint density at radius 2 is 1.43 bits per heavy atom. The summed E-state index contributed by atoms with van der Waals surface area (Å²) in [4.78, 5) is 27.9. The minimum Gasteiger partial charge on any atom is -0.484 e. The van der Waals surface area contributed by atoms with Crippen molar-refractivity contribution in [1.82, 2.24) is 10.2 Å². The predicted octanol–water partition coefficient (Wildman–Crippen LogP) is 3.97. The molecular formula is C25H26N2O3. The second-order valence-corrected chi connectivity index (χ2v) is 6.82. The highest BCUT2D eigenvalue weighted by Gasteiger charge is 2.31. The molecule has 0 saturated heterocycles. The molecule has 0 saturated carbocycles. The van der Waals surface area contributed by atoms with Crippen LogP contribution in [-0.4, -0.2) is 29.9 Å². The summed E-state index contributed by atoms with van der Waals surface area (Å²) in [6.07, 6.45) is 0. The summed E-state index contributed by atoms with van der Waals surface area (Å²) in [5.41, 5.74) is 1.70. The van der Waals surface area contributed by atoms with Crippen molar-refractivity contribution >= 4 is 11.8 Å². The molecule has 0 fully saturated rings. The monoisotopic (exact) mass is 402 g/mol. The van der Waals surface area contributed by atoms with Crippen molar-refractivity contribution in [3.63, 3.8) is 0 Å². The Morgan fingerprint density at radius 1 is 0.867 bits per heavy atom. The van der Waals surface area contributed by atoms with Gasteiger partial charge in [0.1, 0.15) is 11.8 Å². The van der Waals surface area contributed by atoms with Crippen molar-refractivity contribution in [2.45, 2.75) is 19.5 Å². The van der Waals surface area contributed by atoms with Gasteiger partial charge in [0.15, 0.2) is 6.61 Å². The molecule has 0 aliphatic heterocycles. The van der Waals surface area contributed by atoms with Crippen LogP contribution in [0.15, 0.2) is 91.0 Å². The van der Waals surface area contributed by atoms with Gasteiger partial charge >= 0.3 is 0 Å². The molecule has 5 nitrogen and oxygen atoms in total. The third kappa shape index (κ3) is 5.70. The summed E-state index contributed by atoms with van der Waals surface area (Å²) in [5.74, 6) is 0.135. The van der Waals surface area contributed by atoms with Gasteiger partial charge in [0.25, 0.3) is 5.91 Å². The summed E-state index contributed by atoms with van der Waals surface area (Å²) in [6.45, 7) is 2.49. The van der Waals surface area contributed by atoms with Crippen LogP contribution in [0.4, 0.5) is 0 Å². The predicted molar refractivity (Wildman–Crippen MR) is 117 cm³/mol. The lowest BCUT2D eigenvalue weighted by Gasteiger charge is -2.31. The highest BCUT2D eigenvalue weighted by Crippen LogP contribution is 2.24. The fourth-order valence-corrected chi connectivity index (χ4v) is 3.23. The molecule has 1 N–H and O–H groups in total. The van der Waals surface area contributed by atoms with E-state index in [1.807, 2.05) is 85.8 Å². The zero-order valence-electron chi connectivity index (χ0n) is 17.0. The second-order valence-electron chi connectivity index (χ2n) is 6.82. The number of hydrogen-bond acceptors (Lipinski definition) is 3. The van der Waals surface area contributed by atoms with E-state index in [1.165, 1.54) is 0 Å². The number of carbonyl (C=O) groups excluding carboxylic acids is 2. The number of carbonyl (C=O) groups is 2. The fraction of sp³-hybridized carbons (Fsp3) is 0.200. The van der Waals surface area contributed by atoms with Crippen molar-refractivity contribution in [2.75, 3.05) is 13.2 Å². The highest BCUT2D eigenvalue weighted by atomic mass is 16.5. The number of amides is 2. The Morgan fingerprint density at radius 3 is 2.03 bits per heavy atom. The molecule has 0 bridgehead atoms. The Bertz CT molecular complexity index is 930. The van der Waals surface area contributed by atoms with Crippen LogP contribution in [-0.2, 0) is 16.1 Å². The number of likely N-dealkylation sites (N-methyl/N-ethyl adjacent to an activating group) is 1. The normalized spacial score (nSPS) is 11.4. The number of nitrogens with zero attached hydrogens (tertiary/aromatic N) is 1. The zero-order valence-corrected chi connectivity index (χ0v) is 17.0. The smallest absolute Gasteiger partial charge is 0.261 e. The van der Waals surface area contributed by atoms with E-state index in [0.717, 1.165) is 11.1 Å². The molecule has 0 aromatic heterocycles. The van der Waals surface area contributed by atoms with Gasteiger partial charge < -0.3 is 15.0 Å². The third-order valence-corrected chi connectivity index (χ3v) is 4.65. The SMILES string of the molecule is CCNC(=O)[C@H](c1ccccc1)N(Cc1ccccc1)C(=O)COc1ccccc1. The minimum atomic E-state index is -0.752. The van der Waals surface area contributed by atoms with Crippen LogP contribution >= 0.6 is 0 Å². The van der Waals surface area contributed by atoms with Gasteiger partial charge in [-0.15, -0.1) is 0 Å². The van der Waals surface area contributed by atoms with E-state index >= 15 is 0 Å². The molecule has 0 heterocycles. The molecule has 0 spiro atoms. The summed E-state index contributed by atoms with van der Waals surface area (Å²) in [6, 6.07) is 27.4. The average Bonchev–Trinajstić information content (AvgIpc) is 2.79. The largest absolute Gasteiger partial charge is 0.484 e. The van der Waals surface area contributed by atoms with E-state index < -0.39 is 6.04 Å². The Labute approximate surface area is 177 Å². The summed E-state index contributed by atoms with van der Waals surface area (Å²) in [5, 5.41) is 2.87. The third-order valence-electron chi connectivity index (χ3n) is 4.65. The lowest BCUT2D eigenvalue weighted by molar-refractivity contribution is -0.143. The molecule has 3 rings (SSSR count). The first-order valence-electron chi connectivity index (χ1n) is 10.0. The number of para-hydroxylation sites is 1. The molecule has 3 aromatic rings. The van der Waals surface area contributed by atoms with Crippen LogP contribution in [0.2, 0.25) is 0 Å².